The van der Waals surface area contributed by atoms with Crippen molar-refractivity contribution in [3.8, 4) is 0 Å². The van der Waals surface area contributed by atoms with Crippen LogP contribution < -0.4 is 5.73 Å². The number of anilines is 1. The molecule has 0 amide bonds. The van der Waals surface area contributed by atoms with E-state index >= 15 is 0 Å². The Morgan fingerprint density at radius 1 is 1.38 bits per heavy atom. The zero-order valence-electron chi connectivity index (χ0n) is 8.16. The lowest BCUT2D eigenvalue weighted by atomic mass is 10.1. The predicted octanol–water partition coefficient (Wildman–Crippen LogP) is 2.28. The van der Waals surface area contributed by atoms with Gasteiger partial charge in [-0.25, -0.2) is 4.98 Å². The number of nitrogens with two attached hydrogens (primary N) is 1. The molecule has 0 aliphatic heterocycles. The maximum Gasteiger partial charge on any atom is 0.434 e. The van der Waals surface area contributed by atoms with Gasteiger partial charge in [0.25, 0.3) is 0 Å². The van der Waals surface area contributed by atoms with Crippen molar-refractivity contribution in [3.05, 3.63) is 29.5 Å². The topological polar surface area (TPSA) is 56.0 Å². The highest BCUT2D eigenvalue weighted by Gasteiger charge is 2.34. The molecule has 6 heteroatoms. The van der Waals surface area contributed by atoms with Crippen molar-refractivity contribution < 1.29 is 18.0 Å². The van der Waals surface area contributed by atoms with E-state index in [1.54, 1.807) is 0 Å². The molecule has 16 heavy (non-hydrogen) atoms. The lowest BCUT2D eigenvalue weighted by Crippen LogP contribution is -2.11. The molecule has 0 aliphatic carbocycles. The lowest BCUT2D eigenvalue weighted by molar-refractivity contribution is -0.141. The summed E-state index contributed by atoms with van der Waals surface area (Å²) in [4.78, 5) is 13.3. The number of rotatable bonds is 3. The first-order valence-corrected chi connectivity index (χ1v) is 4.39. The number of alkyl halides is 3. The van der Waals surface area contributed by atoms with E-state index in [-0.39, 0.29) is 17.8 Å². The molecule has 0 aromatic carbocycles. The highest BCUT2D eigenvalue weighted by Crippen LogP contribution is 2.31. The Morgan fingerprint density at radius 2 is 2.06 bits per heavy atom. The van der Waals surface area contributed by atoms with Gasteiger partial charge in [0, 0.05) is 12.0 Å². The number of halogens is 3. The Balaban J connectivity index is 3.13. The summed E-state index contributed by atoms with van der Waals surface area (Å²) in [6.45, 7) is 0. The van der Waals surface area contributed by atoms with Crippen molar-refractivity contribution in [1.29, 1.82) is 0 Å². The summed E-state index contributed by atoms with van der Waals surface area (Å²) in [7, 11) is 0. The van der Waals surface area contributed by atoms with Gasteiger partial charge < -0.3 is 10.5 Å². The normalized spacial score (nSPS) is 11.9. The molecule has 1 heterocycles. The number of nitrogen functional groups attached to an aromatic ring is 1. The van der Waals surface area contributed by atoms with Crippen LogP contribution in [0.1, 0.15) is 17.7 Å². The summed E-state index contributed by atoms with van der Waals surface area (Å²) in [5.74, 6) is -0.195. The molecule has 2 N–H and O–H groups in total. The van der Waals surface area contributed by atoms with E-state index in [9.17, 15) is 18.0 Å². The Kier molecular flexibility index (Phi) is 3.65. The van der Waals surface area contributed by atoms with Gasteiger partial charge in [-0.2, -0.15) is 13.2 Å². The highest BCUT2D eigenvalue weighted by molar-refractivity contribution is 5.60. The zero-order chi connectivity index (χ0) is 12.2. The van der Waals surface area contributed by atoms with Crippen LogP contribution in [0.2, 0.25) is 0 Å². The van der Waals surface area contributed by atoms with Gasteiger partial charge in [-0.1, -0.05) is 12.2 Å². The van der Waals surface area contributed by atoms with Crippen LogP contribution in [0, 0.1) is 0 Å². The minimum atomic E-state index is -4.56. The Labute approximate surface area is 89.8 Å². The van der Waals surface area contributed by atoms with Crippen LogP contribution in [0.4, 0.5) is 19.0 Å². The van der Waals surface area contributed by atoms with E-state index in [0.29, 0.717) is 6.29 Å². The first kappa shape index (κ1) is 12.2. The van der Waals surface area contributed by atoms with E-state index in [0.717, 1.165) is 0 Å². The van der Waals surface area contributed by atoms with Crippen LogP contribution in [0.3, 0.4) is 0 Å². The number of hydrogen-bond donors (Lipinski definition) is 1. The minimum Gasteiger partial charge on any atom is -0.384 e. The number of pyridine rings is 1. The Bertz CT molecular complexity index is 413. The number of aldehydes is 1. The molecule has 0 saturated carbocycles. The van der Waals surface area contributed by atoms with Crippen LogP contribution in [0.25, 0.3) is 6.08 Å². The van der Waals surface area contributed by atoms with Gasteiger partial charge in [0.1, 0.15) is 12.1 Å². The molecule has 0 spiro atoms. The molecule has 0 fully saturated rings. The van der Waals surface area contributed by atoms with E-state index in [2.05, 4.69) is 4.98 Å². The number of hydrogen-bond acceptors (Lipinski definition) is 3. The van der Waals surface area contributed by atoms with E-state index in [1.807, 2.05) is 0 Å². The second-order valence-electron chi connectivity index (χ2n) is 2.98. The van der Waals surface area contributed by atoms with Crippen LogP contribution >= 0.6 is 0 Å². The summed E-state index contributed by atoms with van der Waals surface area (Å²) in [6, 6.07) is 2.49. The van der Waals surface area contributed by atoms with Crippen molar-refractivity contribution in [1.82, 2.24) is 4.98 Å². The molecular formula is C10H9F3N2O. The Morgan fingerprint density at radius 3 is 2.62 bits per heavy atom. The monoisotopic (exact) mass is 230 g/mol. The van der Waals surface area contributed by atoms with E-state index in [4.69, 9.17) is 5.73 Å². The van der Waals surface area contributed by atoms with Crippen molar-refractivity contribution in [2.24, 2.45) is 0 Å². The molecule has 1 aromatic heterocycles. The summed E-state index contributed by atoms with van der Waals surface area (Å²) < 4.78 is 37.5. The van der Waals surface area contributed by atoms with Crippen molar-refractivity contribution >= 4 is 18.2 Å². The summed E-state index contributed by atoms with van der Waals surface area (Å²) >= 11 is 0. The lowest BCUT2D eigenvalue weighted by Gasteiger charge is -2.09. The second-order valence-corrected chi connectivity index (χ2v) is 2.98. The predicted molar refractivity (Wildman–Crippen MR) is 53.4 cm³/mol. The molecule has 0 unspecified atom stereocenters. The van der Waals surface area contributed by atoms with Gasteiger partial charge in [0.2, 0.25) is 0 Å². The van der Waals surface area contributed by atoms with Gasteiger partial charge in [-0.3, -0.25) is 0 Å². The molecule has 1 aromatic rings. The highest BCUT2D eigenvalue weighted by atomic mass is 19.4. The summed E-state index contributed by atoms with van der Waals surface area (Å²) in [5.41, 5.74) is 4.03. The third-order valence-corrected chi connectivity index (χ3v) is 1.75. The molecule has 3 nitrogen and oxygen atoms in total. The van der Waals surface area contributed by atoms with Gasteiger partial charge in [-0.05, 0) is 12.1 Å². The van der Waals surface area contributed by atoms with Gasteiger partial charge in [0.15, 0.2) is 5.69 Å². The first-order valence-electron chi connectivity index (χ1n) is 4.39. The second kappa shape index (κ2) is 4.78. The van der Waals surface area contributed by atoms with Crippen LogP contribution in [0.5, 0.6) is 0 Å². The van der Waals surface area contributed by atoms with Crippen LogP contribution in [-0.4, -0.2) is 11.3 Å². The molecule has 86 valence electrons. The number of carbonyl (C=O) groups is 1. The van der Waals surface area contributed by atoms with Gasteiger partial charge in [-0.15, -0.1) is 0 Å². The molecular weight excluding hydrogens is 221 g/mol. The van der Waals surface area contributed by atoms with Gasteiger partial charge >= 0.3 is 6.18 Å². The molecule has 0 atom stereocenters. The van der Waals surface area contributed by atoms with Crippen molar-refractivity contribution in [3.63, 3.8) is 0 Å². The molecule has 0 saturated heterocycles. The SMILES string of the molecule is Nc1ccc(C=CCC=O)c(C(F)(F)F)n1. The average molecular weight is 230 g/mol. The smallest absolute Gasteiger partial charge is 0.384 e. The number of carbonyl (C=O) groups excluding carboxylic acids is 1. The standard InChI is InChI=1S/C10H9F3N2O/c11-10(12,13)9-7(3-1-2-6-16)4-5-8(14)15-9/h1,3-6H,2H2,(H2,14,15). The average Bonchev–Trinajstić information content (AvgIpc) is 2.19. The third-order valence-electron chi connectivity index (χ3n) is 1.75. The van der Waals surface area contributed by atoms with E-state index < -0.39 is 11.9 Å². The largest absolute Gasteiger partial charge is 0.434 e. The summed E-state index contributed by atoms with van der Waals surface area (Å²) in [6.07, 6.45) is -1.38. The van der Waals surface area contributed by atoms with E-state index in [1.165, 1.54) is 24.3 Å². The van der Waals surface area contributed by atoms with Gasteiger partial charge in [0.05, 0.1) is 0 Å². The maximum atomic E-state index is 12.5. The molecule has 1 rings (SSSR count). The van der Waals surface area contributed by atoms with Crippen LogP contribution in [-0.2, 0) is 11.0 Å². The Hall–Kier alpha value is -1.85. The number of nitrogens with zero attached hydrogens (tertiary/aromatic N) is 1. The first-order chi connectivity index (χ1) is 7.45. The minimum absolute atomic E-state index is 0.0572. The fourth-order valence-electron chi connectivity index (χ4n) is 1.10. The summed E-state index contributed by atoms with van der Waals surface area (Å²) in [5, 5.41) is 0. The molecule has 0 bridgehead atoms. The zero-order valence-corrected chi connectivity index (χ0v) is 8.16. The maximum absolute atomic E-state index is 12.5. The van der Waals surface area contributed by atoms with Crippen molar-refractivity contribution in [2.45, 2.75) is 12.6 Å². The fraction of sp³-hybridized carbons (Fsp3) is 0.200. The van der Waals surface area contributed by atoms with Crippen LogP contribution in [0.15, 0.2) is 18.2 Å². The number of allylic oxidation sites excluding steroid dienone is 1. The third kappa shape index (κ3) is 3.08. The van der Waals surface area contributed by atoms with Crippen molar-refractivity contribution in [2.75, 3.05) is 5.73 Å². The number of aromatic nitrogens is 1. The quantitative estimate of drug-likeness (QED) is 0.810. The molecule has 0 aliphatic rings. The molecule has 0 radical (unpaired) electrons. The fourth-order valence-corrected chi connectivity index (χ4v) is 1.10.